The van der Waals surface area contributed by atoms with Crippen molar-refractivity contribution in [3.8, 4) is 0 Å². The third-order valence-corrected chi connectivity index (χ3v) is 3.52. The molecule has 1 atom stereocenters. The number of aromatic amines is 1. The van der Waals surface area contributed by atoms with Gasteiger partial charge in [0.05, 0.1) is 0 Å². The molecule has 0 aromatic carbocycles. The maximum atomic E-state index is 11.5. The molecule has 1 aromatic rings. The SMILES string of the molecule is COCC(=O)N1CC[C@@H](c2n[nH]c(=O)s2)C1. The van der Waals surface area contributed by atoms with E-state index in [1.165, 1.54) is 7.11 Å². The van der Waals surface area contributed by atoms with E-state index in [4.69, 9.17) is 4.74 Å². The van der Waals surface area contributed by atoms with Gasteiger partial charge in [0, 0.05) is 26.1 Å². The average molecular weight is 243 g/mol. The van der Waals surface area contributed by atoms with Gasteiger partial charge in [0.15, 0.2) is 0 Å². The lowest BCUT2D eigenvalue weighted by molar-refractivity contribution is -0.134. The van der Waals surface area contributed by atoms with Crippen LogP contribution in [0.15, 0.2) is 4.79 Å². The van der Waals surface area contributed by atoms with Gasteiger partial charge in [0.2, 0.25) is 5.91 Å². The van der Waals surface area contributed by atoms with E-state index in [1.54, 1.807) is 4.90 Å². The molecule has 0 spiro atoms. The van der Waals surface area contributed by atoms with Crippen molar-refractivity contribution < 1.29 is 9.53 Å². The number of carbonyl (C=O) groups is 1. The van der Waals surface area contributed by atoms with Crippen LogP contribution < -0.4 is 4.87 Å². The predicted molar refractivity (Wildman–Crippen MR) is 58.5 cm³/mol. The largest absolute Gasteiger partial charge is 0.375 e. The number of likely N-dealkylation sites (tertiary alicyclic amines) is 1. The fourth-order valence-electron chi connectivity index (χ4n) is 1.82. The van der Waals surface area contributed by atoms with E-state index in [0.717, 1.165) is 22.8 Å². The third-order valence-electron chi connectivity index (χ3n) is 2.61. The molecule has 1 fully saturated rings. The molecule has 1 amide bonds. The molecule has 2 heterocycles. The molecule has 16 heavy (non-hydrogen) atoms. The Balaban J connectivity index is 1.98. The van der Waals surface area contributed by atoms with E-state index in [2.05, 4.69) is 10.2 Å². The quantitative estimate of drug-likeness (QED) is 0.797. The molecule has 0 unspecified atom stereocenters. The van der Waals surface area contributed by atoms with E-state index in [9.17, 15) is 9.59 Å². The van der Waals surface area contributed by atoms with Crippen molar-refractivity contribution in [2.24, 2.45) is 0 Å². The lowest BCUT2D eigenvalue weighted by Crippen LogP contribution is -2.31. The van der Waals surface area contributed by atoms with Crippen molar-refractivity contribution in [1.29, 1.82) is 0 Å². The van der Waals surface area contributed by atoms with Crippen LogP contribution in [0.1, 0.15) is 17.3 Å². The number of hydrogen-bond acceptors (Lipinski definition) is 5. The van der Waals surface area contributed by atoms with Gasteiger partial charge in [0.25, 0.3) is 0 Å². The van der Waals surface area contributed by atoms with Gasteiger partial charge in [-0.3, -0.25) is 9.59 Å². The van der Waals surface area contributed by atoms with E-state index in [1.807, 2.05) is 0 Å². The Morgan fingerprint density at radius 3 is 3.19 bits per heavy atom. The lowest BCUT2D eigenvalue weighted by atomic mass is 10.1. The topological polar surface area (TPSA) is 75.3 Å². The molecule has 1 aliphatic heterocycles. The van der Waals surface area contributed by atoms with Crippen molar-refractivity contribution in [1.82, 2.24) is 15.1 Å². The van der Waals surface area contributed by atoms with Crippen molar-refractivity contribution in [2.45, 2.75) is 12.3 Å². The summed E-state index contributed by atoms with van der Waals surface area (Å²) in [5.41, 5.74) is 0. The smallest absolute Gasteiger partial charge is 0.322 e. The number of methoxy groups -OCH3 is 1. The van der Waals surface area contributed by atoms with E-state index >= 15 is 0 Å². The Morgan fingerprint density at radius 1 is 1.75 bits per heavy atom. The maximum absolute atomic E-state index is 11.5. The number of amides is 1. The Bertz CT molecular complexity index is 428. The number of ether oxygens (including phenoxy) is 1. The molecule has 1 aliphatic rings. The van der Waals surface area contributed by atoms with Gasteiger partial charge in [-0.15, -0.1) is 0 Å². The molecule has 0 saturated carbocycles. The second kappa shape index (κ2) is 4.75. The summed E-state index contributed by atoms with van der Waals surface area (Å²) >= 11 is 1.12. The summed E-state index contributed by atoms with van der Waals surface area (Å²) < 4.78 is 4.80. The first kappa shape index (κ1) is 11.3. The number of carbonyl (C=O) groups excluding carboxylic acids is 1. The number of rotatable bonds is 3. The van der Waals surface area contributed by atoms with Gasteiger partial charge in [-0.25, -0.2) is 5.10 Å². The predicted octanol–water partition coefficient (Wildman–Crippen LogP) is -0.206. The molecule has 7 heteroatoms. The van der Waals surface area contributed by atoms with Crippen LogP contribution in [-0.4, -0.2) is 47.8 Å². The Morgan fingerprint density at radius 2 is 2.56 bits per heavy atom. The number of nitrogens with zero attached hydrogens (tertiary/aromatic N) is 2. The number of aromatic nitrogens is 2. The number of hydrogen-bond donors (Lipinski definition) is 1. The summed E-state index contributed by atoms with van der Waals surface area (Å²) in [5.74, 6) is 0.178. The molecule has 88 valence electrons. The zero-order valence-electron chi connectivity index (χ0n) is 8.93. The highest BCUT2D eigenvalue weighted by atomic mass is 32.1. The summed E-state index contributed by atoms with van der Waals surface area (Å²) in [6, 6.07) is 0. The minimum absolute atomic E-state index is 0.00659. The molecule has 2 rings (SSSR count). The molecule has 0 bridgehead atoms. The zero-order valence-corrected chi connectivity index (χ0v) is 9.75. The molecular weight excluding hydrogens is 230 g/mol. The minimum atomic E-state index is -0.142. The second-order valence-electron chi connectivity index (χ2n) is 3.71. The Labute approximate surface area is 96.2 Å². The lowest BCUT2D eigenvalue weighted by Gasteiger charge is -2.14. The maximum Gasteiger partial charge on any atom is 0.322 e. The van der Waals surface area contributed by atoms with Gasteiger partial charge < -0.3 is 9.64 Å². The number of nitrogens with one attached hydrogen (secondary N) is 1. The normalized spacial score (nSPS) is 20.3. The third kappa shape index (κ3) is 2.30. The summed E-state index contributed by atoms with van der Waals surface area (Å²) in [4.78, 5) is 24.1. The second-order valence-corrected chi connectivity index (χ2v) is 4.70. The van der Waals surface area contributed by atoms with E-state index < -0.39 is 0 Å². The first-order valence-corrected chi connectivity index (χ1v) is 5.84. The average Bonchev–Trinajstić information content (AvgIpc) is 2.85. The van der Waals surface area contributed by atoms with Gasteiger partial charge in [-0.05, 0) is 6.42 Å². The van der Waals surface area contributed by atoms with Crippen LogP contribution in [0.25, 0.3) is 0 Å². The molecule has 1 aromatic heterocycles. The molecule has 1 saturated heterocycles. The van der Waals surface area contributed by atoms with E-state index in [0.29, 0.717) is 13.1 Å². The Kier molecular flexibility index (Phi) is 3.35. The Hall–Kier alpha value is -1.21. The molecular formula is C9H13N3O3S. The minimum Gasteiger partial charge on any atom is -0.375 e. The fraction of sp³-hybridized carbons (Fsp3) is 0.667. The molecule has 0 radical (unpaired) electrons. The highest BCUT2D eigenvalue weighted by Gasteiger charge is 2.29. The summed E-state index contributed by atoms with van der Waals surface area (Å²) in [6.45, 7) is 1.45. The summed E-state index contributed by atoms with van der Waals surface area (Å²) in [6.07, 6.45) is 0.857. The fourth-order valence-corrected chi connectivity index (χ4v) is 2.55. The standard InChI is InChI=1S/C9H13N3O3S/c1-15-5-7(13)12-3-2-6(4-12)8-10-11-9(14)16-8/h6H,2-5H2,1H3,(H,11,14)/t6-/m1/s1. The highest BCUT2D eigenvalue weighted by molar-refractivity contribution is 7.08. The van der Waals surface area contributed by atoms with Crippen LogP contribution in [0.3, 0.4) is 0 Å². The van der Waals surface area contributed by atoms with Crippen LogP contribution in [0.4, 0.5) is 0 Å². The van der Waals surface area contributed by atoms with Gasteiger partial charge in [0.1, 0.15) is 11.6 Å². The van der Waals surface area contributed by atoms with Crippen LogP contribution in [0.2, 0.25) is 0 Å². The van der Waals surface area contributed by atoms with Crippen LogP contribution in [-0.2, 0) is 9.53 Å². The van der Waals surface area contributed by atoms with Crippen LogP contribution in [0.5, 0.6) is 0 Å². The first-order chi connectivity index (χ1) is 7.70. The number of H-pyrrole nitrogens is 1. The molecule has 6 nitrogen and oxygen atoms in total. The van der Waals surface area contributed by atoms with Gasteiger partial charge in [-0.1, -0.05) is 11.3 Å². The van der Waals surface area contributed by atoms with Crippen molar-refractivity contribution in [2.75, 3.05) is 26.8 Å². The van der Waals surface area contributed by atoms with Gasteiger partial charge in [-0.2, -0.15) is 5.10 Å². The monoisotopic (exact) mass is 243 g/mol. The first-order valence-electron chi connectivity index (χ1n) is 5.03. The highest BCUT2D eigenvalue weighted by Crippen LogP contribution is 2.26. The van der Waals surface area contributed by atoms with E-state index in [-0.39, 0.29) is 23.3 Å². The van der Waals surface area contributed by atoms with Crippen molar-refractivity contribution in [3.05, 3.63) is 14.7 Å². The summed E-state index contributed by atoms with van der Waals surface area (Å²) in [5, 5.41) is 7.14. The van der Waals surface area contributed by atoms with Crippen LogP contribution >= 0.6 is 11.3 Å². The van der Waals surface area contributed by atoms with Crippen molar-refractivity contribution >= 4 is 17.2 Å². The summed E-state index contributed by atoms with van der Waals surface area (Å²) in [7, 11) is 1.50. The molecule has 0 aliphatic carbocycles. The van der Waals surface area contributed by atoms with Gasteiger partial charge >= 0.3 is 4.87 Å². The zero-order chi connectivity index (χ0) is 11.5. The molecule has 1 N–H and O–H groups in total. The van der Waals surface area contributed by atoms with Crippen molar-refractivity contribution in [3.63, 3.8) is 0 Å². The van der Waals surface area contributed by atoms with Crippen LogP contribution in [0, 0.1) is 0 Å².